The average molecular weight is 424 g/mol. The van der Waals surface area contributed by atoms with E-state index in [1.165, 1.54) is 17.4 Å². The van der Waals surface area contributed by atoms with Gasteiger partial charge in [0, 0.05) is 37.3 Å². The third kappa shape index (κ3) is 4.02. The lowest BCUT2D eigenvalue weighted by atomic mass is 10.3. The second-order valence-corrected chi connectivity index (χ2v) is 7.79. The van der Waals surface area contributed by atoms with E-state index in [-0.39, 0.29) is 18.0 Å². The lowest BCUT2D eigenvalue weighted by Crippen LogP contribution is -2.50. The highest BCUT2D eigenvalue weighted by Crippen LogP contribution is 2.31. The van der Waals surface area contributed by atoms with Gasteiger partial charge in [0.25, 0.3) is 5.91 Å². The van der Waals surface area contributed by atoms with Gasteiger partial charge < -0.3 is 14.5 Å². The molecule has 1 aliphatic heterocycles. The van der Waals surface area contributed by atoms with Crippen LogP contribution in [0.4, 0.5) is 13.9 Å². The lowest BCUT2D eigenvalue weighted by molar-refractivity contribution is -0.133. The summed E-state index contributed by atoms with van der Waals surface area (Å²) >= 11 is 7.07. The van der Waals surface area contributed by atoms with E-state index in [0.717, 1.165) is 6.07 Å². The number of nitrogens with zero attached hydrogens (tertiary/aromatic N) is 3. The van der Waals surface area contributed by atoms with Crippen molar-refractivity contribution in [3.05, 3.63) is 53.1 Å². The molecule has 1 aromatic heterocycles. The van der Waals surface area contributed by atoms with Crippen molar-refractivity contribution in [1.82, 2.24) is 9.88 Å². The number of piperazine rings is 1. The number of hydrogen-bond donors (Lipinski definition) is 0. The smallest absolute Gasteiger partial charge is 0.260 e. The first-order valence-corrected chi connectivity index (χ1v) is 9.86. The maximum Gasteiger partial charge on any atom is 0.260 e. The zero-order valence-electron chi connectivity index (χ0n) is 14.7. The third-order valence-electron chi connectivity index (χ3n) is 4.48. The zero-order valence-corrected chi connectivity index (χ0v) is 16.3. The van der Waals surface area contributed by atoms with Gasteiger partial charge in [-0.2, -0.15) is 0 Å². The van der Waals surface area contributed by atoms with Crippen molar-refractivity contribution in [2.24, 2.45) is 0 Å². The van der Waals surface area contributed by atoms with Crippen LogP contribution in [0.3, 0.4) is 0 Å². The molecule has 0 spiro atoms. The fourth-order valence-corrected chi connectivity index (χ4v) is 4.18. The van der Waals surface area contributed by atoms with E-state index < -0.39 is 11.6 Å². The number of benzene rings is 2. The summed E-state index contributed by atoms with van der Waals surface area (Å²) in [4.78, 5) is 20.4. The molecule has 1 saturated heterocycles. The second kappa shape index (κ2) is 7.89. The number of thiazole rings is 1. The zero-order chi connectivity index (χ0) is 19.7. The monoisotopic (exact) mass is 423 g/mol. The first-order valence-electron chi connectivity index (χ1n) is 8.66. The predicted octanol–water partition coefficient (Wildman–Crippen LogP) is 3.96. The van der Waals surface area contributed by atoms with Crippen molar-refractivity contribution in [3.8, 4) is 5.75 Å². The van der Waals surface area contributed by atoms with Crippen LogP contribution >= 0.6 is 22.9 Å². The quantitative estimate of drug-likeness (QED) is 0.637. The Balaban J connectivity index is 1.34. The number of amides is 1. The predicted molar refractivity (Wildman–Crippen MR) is 105 cm³/mol. The molecule has 0 atom stereocenters. The van der Waals surface area contributed by atoms with Crippen LogP contribution in [-0.2, 0) is 4.79 Å². The topological polar surface area (TPSA) is 45.7 Å². The van der Waals surface area contributed by atoms with E-state index in [2.05, 4.69) is 4.98 Å². The van der Waals surface area contributed by atoms with Crippen LogP contribution in [0.1, 0.15) is 0 Å². The van der Waals surface area contributed by atoms with Gasteiger partial charge in [-0.3, -0.25) is 4.79 Å². The Kier molecular flexibility index (Phi) is 5.32. The summed E-state index contributed by atoms with van der Waals surface area (Å²) in [6, 6.07) is 8.95. The molecule has 3 aromatic rings. The summed E-state index contributed by atoms with van der Waals surface area (Å²) in [7, 11) is 0. The maximum atomic E-state index is 13.9. The van der Waals surface area contributed by atoms with Gasteiger partial charge in [0.15, 0.2) is 17.6 Å². The van der Waals surface area contributed by atoms with Crippen molar-refractivity contribution in [3.63, 3.8) is 0 Å². The van der Waals surface area contributed by atoms with Crippen LogP contribution in [0.15, 0.2) is 36.4 Å². The Bertz CT molecular complexity index is 1000. The van der Waals surface area contributed by atoms with Gasteiger partial charge in [-0.05, 0) is 30.3 Å². The van der Waals surface area contributed by atoms with Crippen LogP contribution in [-0.4, -0.2) is 48.6 Å². The molecule has 9 heteroatoms. The number of fused-ring (bicyclic) bond motifs is 1. The Morgan fingerprint density at radius 2 is 1.86 bits per heavy atom. The molecule has 2 aromatic carbocycles. The van der Waals surface area contributed by atoms with Gasteiger partial charge >= 0.3 is 0 Å². The summed E-state index contributed by atoms with van der Waals surface area (Å²) in [6.07, 6.45) is 0. The Morgan fingerprint density at radius 3 is 2.57 bits per heavy atom. The molecule has 1 aliphatic rings. The summed E-state index contributed by atoms with van der Waals surface area (Å²) in [5.41, 5.74) is 0.177. The number of ether oxygens (including phenoxy) is 1. The Labute approximate surface area is 169 Å². The SMILES string of the molecule is O=C(COc1ccc(Cl)cc1)N1CCN(c2nc3c(F)cc(F)cc3s2)CC1. The highest BCUT2D eigenvalue weighted by Gasteiger charge is 2.24. The molecule has 146 valence electrons. The normalized spacial score (nSPS) is 14.5. The summed E-state index contributed by atoms with van der Waals surface area (Å²) in [5, 5.41) is 1.23. The second-order valence-electron chi connectivity index (χ2n) is 6.34. The molecule has 0 unspecified atom stereocenters. The minimum atomic E-state index is -0.661. The fourth-order valence-electron chi connectivity index (χ4n) is 3.00. The number of carbonyl (C=O) groups is 1. The third-order valence-corrected chi connectivity index (χ3v) is 5.80. The van der Waals surface area contributed by atoms with Gasteiger partial charge in [0.2, 0.25) is 0 Å². The first kappa shape index (κ1) is 18.9. The highest BCUT2D eigenvalue weighted by atomic mass is 35.5. The van der Waals surface area contributed by atoms with Crippen LogP contribution in [0.5, 0.6) is 5.75 Å². The number of hydrogen-bond acceptors (Lipinski definition) is 5. The maximum absolute atomic E-state index is 13.9. The van der Waals surface area contributed by atoms with Gasteiger partial charge in [0.05, 0.1) is 4.70 Å². The molecule has 1 amide bonds. The van der Waals surface area contributed by atoms with E-state index in [1.54, 1.807) is 29.2 Å². The molecule has 2 heterocycles. The molecule has 0 radical (unpaired) electrons. The molecule has 28 heavy (non-hydrogen) atoms. The van der Waals surface area contributed by atoms with Crippen LogP contribution in [0.25, 0.3) is 10.2 Å². The van der Waals surface area contributed by atoms with Crippen molar-refractivity contribution in [2.75, 3.05) is 37.7 Å². The molecule has 0 bridgehead atoms. The summed E-state index contributed by atoms with van der Waals surface area (Å²) < 4.78 is 33.2. The van der Waals surface area contributed by atoms with Gasteiger partial charge in [-0.1, -0.05) is 22.9 Å². The van der Waals surface area contributed by atoms with Crippen molar-refractivity contribution in [2.45, 2.75) is 0 Å². The molecule has 0 aliphatic carbocycles. The van der Waals surface area contributed by atoms with Gasteiger partial charge in [0.1, 0.15) is 17.1 Å². The number of halogens is 3. The standard InChI is InChI=1S/C19H16ClF2N3O2S/c20-12-1-3-14(4-2-12)27-11-17(26)24-5-7-25(8-6-24)19-23-18-15(22)9-13(21)10-16(18)28-19/h1-4,9-10H,5-8,11H2. The molecule has 4 rings (SSSR count). The van der Waals surface area contributed by atoms with E-state index >= 15 is 0 Å². The Hall–Kier alpha value is -2.45. The van der Waals surface area contributed by atoms with E-state index in [9.17, 15) is 13.6 Å². The number of aromatic nitrogens is 1. The van der Waals surface area contributed by atoms with Crippen LogP contribution in [0.2, 0.25) is 5.02 Å². The molecular formula is C19H16ClF2N3O2S. The molecule has 0 saturated carbocycles. The van der Waals surface area contributed by atoms with E-state index in [4.69, 9.17) is 16.3 Å². The lowest BCUT2D eigenvalue weighted by Gasteiger charge is -2.34. The summed E-state index contributed by atoms with van der Waals surface area (Å²) in [5.74, 6) is -0.797. The Morgan fingerprint density at radius 1 is 1.14 bits per heavy atom. The minimum absolute atomic E-state index is 0.0484. The summed E-state index contributed by atoms with van der Waals surface area (Å²) in [6.45, 7) is 2.10. The largest absolute Gasteiger partial charge is 0.484 e. The highest BCUT2D eigenvalue weighted by molar-refractivity contribution is 7.22. The van der Waals surface area contributed by atoms with E-state index in [0.29, 0.717) is 46.8 Å². The average Bonchev–Trinajstić information content (AvgIpc) is 3.12. The van der Waals surface area contributed by atoms with Crippen molar-refractivity contribution < 1.29 is 18.3 Å². The molecular weight excluding hydrogens is 408 g/mol. The van der Waals surface area contributed by atoms with Gasteiger partial charge in [-0.25, -0.2) is 13.8 Å². The van der Waals surface area contributed by atoms with Crippen molar-refractivity contribution in [1.29, 1.82) is 0 Å². The number of carbonyl (C=O) groups excluding carboxylic acids is 1. The number of anilines is 1. The fraction of sp³-hybridized carbons (Fsp3) is 0.263. The minimum Gasteiger partial charge on any atom is -0.484 e. The van der Waals surface area contributed by atoms with Crippen LogP contribution < -0.4 is 9.64 Å². The van der Waals surface area contributed by atoms with Crippen molar-refractivity contribution >= 4 is 44.2 Å². The molecule has 1 fully saturated rings. The van der Waals surface area contributed by atoms with Crippen LogP contribution in [0, 0.1) is 11.6 Å². The first-order chi connectivity index (χ1) is 13.5. The number of rotatable bonds is 4. The van der Waals surface area contributed by atoms with Gasteiger partial charge in [-0.15, -0.1) is 0 Å². The molecule has 5 nitrogen and oxygen atoms in total. The molecule has 0 N–H and O–H groups in total. The van der Waals surface area contributed by atoms with E-state index in [1.807, 2.05) is 4.90 Å².